The summed E-state index contributed by atoms with van der Waals surface area (Å²) >= 11 is 0. The number of hydrogen-bond donors (Lipinski definition) is 1. The largest absolute Gasteiger partial charge is 0.492 e. The van der Waals surface area contributed by atoms with Gasteiger partial charge < -0.3 is 15.0 Å². The van der Waals surface area contributed by atoms with Crippen LogP contribution in [0.5, 0.6) is 5.75 Å². The summed E-state index contributed by atoms with van der Waals surface area (Å²) in [6.45, 7) is 13.7. The van der Waals surface area contributed by atoms with Crippen molar-refractivity contribution in [2.45, 2.75) is 45.7 Å². The molecular formula is C16H26N2O. The number of piperazine rings is 1. The van der Waals surface area contributed by atoms with Gasteiger partial charge in [0.1, 0.15) is 5.75 Å². The number of rotatable bonds is 3. The van der Waals surface area contributed by atoms with Crippen molar-refractivity contribution in [3.8, 4) is 5.75 Å². The van der Waals surface area contributed by atoms with Gasteiger partial charge in [-0.05, 0) is 46.8 Å². The van der Waals surface area contributed by atoms with Crippen LogP contribution in [0.1, 0.15) is 34.6 Å². The van der Waals surface area contributed by atoms with Crippen molar-refractivity contribution in [2.24, 2.45) is 0 Å². The fourth-order valence-electron chi connectivity index (χ4n) is 2.59. The van der Waals surface area contributed by atoms with E-state index >= 15 is 0 Å². The van der Waals surface area contributed by atoms with Crippen molar-refractivity contribution in [1.29, 1.82) is 0 Å². The average Bonchev–Trinajstić information content (AvgIpc) is 2.34. The molecule has 1 heterocycles. The van der Waals surface area contributed by atoms with Gasteiger partial charge >= 0.3 is 0 Å². The van der Waals surface area contributed by atoms with E-state index in [0.29, 0.717) is 6.61 Å². The number of nitrogens with zero attached hydrogens (tertiary/aromatic N) is 1. The van der Waals surface area contributed by atoms with Crippen LogP contribution in [0.15, 0.2) is 24.3 Å². The predicted molar refractivity (Wildman–Crippen MR) is 81.1 cm³/mol. The standard InChI is InChI=1S/C16H26N2O/c1-6-19-14-10-8-7-9-13(14)18-12-15(2,3)17-11-16(18,4)5/h7-10,17H,6,11-12H2,1-5H3. The molecule has 1 fully saturated rings. The third-order valence-electron chi connectivity index (χ3n) is 3.74. The van der Waals surface area contributed by atoms with Crippen molar-refractivity contribution in [3.63, 3.8) is 0 Å². The minimum atomic E-state index is 0.0860. The first kappa shape index (κ1) is 14.2. The minimum Gasteiger partial charge on any atom is -0.492 e. The minimum absolute atomic E-state index is 0.0860. The Hall–Kier alpha value is -1.22. The SMILES string of the molecule is CCOc1ccccc1N1CC(C)(C)NCC1(C)C. The number of hydrogen-bond acceptors (Lipinski definition) is 3. The Bertz CT molecular complexity index is 440. The summed E-state index contributed by atoms with van der Waals surface area (Å²) in [5.74, 6) is 0.982. The number of nitrogens with one attached hydrogen (secondary N) is 1. The van der Waals surface area contributed by atoms with Gasteiger partial charge in [-0.2, -0.15) is 0 Å². The predicted octanol–water partition coefficient (Wildman–Crippen LogP) is 3.05. The number of anilines is 1. The summed E-state index contributed by atoms with van der Waals surface area (Å²) < 4.78 is 5.79. The fourth-order valence-corrected chi connectivity index (χ4v) is 2.59. The van der Waals surface area contributed by atoms with Crippen LogP contribution in [0.25, 0.3) is 0 Å². The van der Waals surface area contributed by atoms with Crippen LogP contribution in [-0.4, -0.2) is 30.8 Å². The van der Waals surface area contributed by atoms with E-state index in [1.807, 2.05) is 13.0 Å². The maximum absolute atomic E-state index is 5.79. The normalized spacial score (nSPS) is 21.2. The van der Waals surface area contributed by atoms with Crippen molar-refractivity contribution >= 4 is 5.69 Å². The monoisotopic (exact) mass is 262 g/mol. The van der Waals surface area contributed by atoms with Crippen molar-refractivity contribution < 1.29 is 4.74 Å². The van der Waals surface area contributed by atoms with Gasteiger partial charge in [0.25, 0.3) is 0 Å². The average molecular weight is 262 g/mol. The molecule has 2 rings (SSSR count). The molecule has 106 valence electrons. The molecule has 0 atom stereocenters. The zero-order chi connectivity index (χ0) is 14.1. The van der Waals surface area contributed by atoms with Crippen LogP contribution < -0.4 is 15.0 Å². The Morgan fingerprint density at radius 3 is 2.58 bits per heavy atom. The number of ether oxygens (including phenoxy) is 1. The lowest BCUT2D eigenvalue weighted by molar-refractivity contribution is 0.257. The molecule has 0 amide bonds. The molecule has 0 radical (unpaired) electrons. The van der Waals surface area contributed by atoms with E-state index in [1.54, 1.807) is 0 Å². The molecule has 0 spiro atoms. The van der Waals surface area contributed by atoms with Crippen molar-refractivity contribution in [3.05, 3.63) is 24.3 Å². The zero-order valence-electron chi connectivity index (χ0n) is 12.8. The molecule has 1 aliphatic rings. The topological polar surface area (TPSA) is 24.5 Å². The molecule has 0 aromatic heterocycles. The highest BCUT2D eigenvalue weighted by atomic mass is 16.5. The lowest BCUT2D eigenvalue weighted by Gasteiger charge is -2.51. The van der Waals surface area contributed by atoms with Crippen molar-refractivity contribution in [1.82, 2.24) is 5.32 Å². The first-order chi connectivity index (χ1) is 8.86. The van der Waals surface area contributed by atoms with E-state index in [-0.39, 0.29) is 11.1 Å². The first-order valence-corrected chi connectivity index (χ1v) is 7.10. The second-order valence-corrected chi connectivity index (χ2v) is 6.54. The zero-order valence-corrected chi connectivity index (χ0v) is 12.8. The van der Waals surface area contributed by atoms with Crippen LogP contribution in [0.3, 0.4) is 0 Å². The molecule has 1 aromatic rings. The maximum Gasteiger partial charge on any atom is 0.142 e. The van der Waals surface area contributed by atoms with Gasteiger partial charge in [0.15, 0.2) is 0 Å². The van der Waals surface area contributed by atoms with E-state index in [9.17, 15) is 0 Å². The van der Waals surface area contributed by atoms with E-state index in [1.165, 1.54) is 5.69 Å². The Kier molecular flexibility index (Phi) is 3.77. The summed E-state index contributed by atoms with van der Waals surface area (Å²) in [6, 6.07) is 8.34. The van der Waals surface area contributed by atoms with Crippen molar-refractivity contribution in [2.75, 3.05) is 24.6 Å². The Morgan fingerprint density at radius 2 is 1.89 bits per heavy atom. The molecular weight excluding hydrogens is 236 g/mol. The third-order valence-corrected chi connectivity index (χ3v) is 3.74. The molecule has 1 saturated heterocycles. The van der Waals surface area contributed by atoms with E-state index in [2.05, 4.69) is 56.1 Å². The van der Waals surface area contributed by atoms with E-state index in [4.69, 9.17) is 4.74 Å². The van der Waals surface area contributed by atoms with Gasteiger partial charge in [-0.25, -0.2) is 0 Å². The third kappa shape index (κ3) is 3.03. The lowest BCUT2D eigenvalue weighted by atomic mass is 9.90. The highest BCUT2D eigenvalue weighted by Crippen LogP contribution is 2.36. The molecule has 1 aromatic carbocycles. The van der Waals surface area contributed by atoms with E-state index < -0.39 is 0 Å². The van der Waals surface area contributed by atoms with Gasteiger partial charge in [0.2, 0.25) is 0 Å². The molecule has 0 aliphatic carbocycles. The summed E-state index contributed by atoms with van der Waals surface area (Å²) in [6.07, 6.45) is 0. The quantitative estimate of drug-likeness (QED) is 0.906. The summed E-state index contributed by atoms with van der Waals surface area (Å²) in [4.78, 5) is 2.47. The molecule has 3 heteroatoms. The molecule has 19 heavy (non-hydrogen) atoms. The molecule has 3 nitrogen and oxygen atoms in total. The Balaban J connectivity index is 2.37. The number of benzene rings is 1. The summed E-state index contributed by atoms with van der Waals surface area (Å²) in [5, 5.41) is 3.62. The summed E-state index contributed by atoms with van der Waals surface area (Å²) in [7, 11) is 0. The smallest absolute Gasteiger partial charge is 0.142 e. The van der Waals surface area contributed by atoms with Crippen LogP contribution in [0.4, 0.5) is 5.69 Å². The lowest BCUT2D eigenvalue weighted by Crippen LogP contribution is -2.66. The molecule has 1 aliphatic heterocycles. The molecule has 0 saturated carbocycles. The van der Waals surface area contributed by atoms with Crippen LogP contribution in [-0.2, 0) is 0 Å². The molecule has 0 unspecified atom stereocenters. The highest BCUT2D eigenvalue weighted by molar-refractivity contribution is 5.61. The van der Waals surface area contributed by atoms with Gasteiger partial charge in [0.05, 0.1) is 12.3 Å². The maximum atomic E-state index is 5.79. The Morgan fingerprint density at radius 1 is 1.21 bits per heavy atom. The summed E-state index contributed by atoms with van der Waals surface area (Å²) in [5.41, 5.74) is 1.40. The fraction of sp³-hybridized carbons (Fsp3) is 0.625. The van der Waals surface area contributed by atoms with Gasteiger partial charge in [-0.15, -0.1) is 0 Å². The van der Waals surface area contributed by atoms with E-state index in [0.717, 1.165) is 18.8 Å². The first-order valence-electron chi connectivity index (χ1n) is 7.10. The molecule has 0 bridgehead atoms. The van der Waals surface area contributed by atoms with Gasteiger partial charge in [-0.3, -0.25) is 0 Å². The van der Waals surface area contributed by atoms with Gasteiger partial charge in [-0.1, -0.05) is 12.1 Å². The van der Waals surface area contributed by atoms with Gasteiger partial charge in [0, 0.05) is 24.2 Å². The number of para-hydroxylation sites is 2. The van der Waals surface area contributed by atoms with Crippen LogP contribution in [0, 0.1) is 0 Å². The highest BCUT2D eigenvalue weighted by Gasteiger charge is 2.38. The Labute approximate surface area is 116 Å². The van der Waals surface area contributed by atoms with Crippen LogP contribution in [0.2, 0.25) is 0 Å². The molecule has 1 N–H and O–H groups in total. The second kappa shape index (κ2) is 5.04. The van der Waals surface area contributed by atoms with Crippen LogP contribution >= 0.6 is 0 Å². The second-order valence-electron chi connectivity index (χ2n) is 6.54.